The minimum atomic E-state index is -0.116. The van der Waals surface area contributed by atoms with Gasteiger partial charge in [-0.15, -0.1) is 0 Å². The molecule has 1 aromatic heterocycles. The highest BCUT2D eigenvalue weighted by atomic mass is 32.2. The maximum Gasteiger partial charge on any atom is 0.240 e. The molecule has 0 aliphatic rings. The highest BCUT2D eigenvalue weighted by Crippen LogP contribution is 2.25. The summed E-state index contributed by atoms with van der Waals surface area (Å²) >= 11 is 1.76. The molecule has 1 amide bonds. The van der Waals surface area contributed by atoms with Gasteiger partial charge in [0.25, 0.3) is 0 Å². The van der Waals surface area contributed by atoms with Gasteiger partial charge in [0.05, 0.1) is 18.3 Å². The summed E-state index contributed by atoms with van der Waals surface area (Å²) < 4.78 is 11.1. The second-order valence-corrected chi connectivity index (χ2v) is 8.78. The number of ether oxygens (including phenoxy) is 1. The van der Waals surface area contributed by atoms with Crippen molar-refractivity contribution in [2.75, 3.05) is 24.7 Å². The summed E-state index contributed by atoms with van der Waals surface area (Å²) in [6, 6.07) is 17.3. The first-order valence-electron chi connectivity index (χ1n) is 10.2. The molecule has 0 spiro atoms. The van der Waals surface area contributed by atoms with Gasteiger partial charge in [-0.2, -0.15) is 16.7 Å². The van der Waals surface area contributed by atoms with E-state index in [1.54, 1.807) is 11.8 Å². The smallest absolute Gasteiger partial charge is 0.240 e. The van der Waals surface area contributed by atoms with Crippen LogP contribution in [0.2, 0.25) is 0 Å². The topological polar surface area (TPSA) is 80.5 Å². The standard InChI is InChI=1S/C23H28N4O3S/c1-4-31-17(2)23-25-22(30-26-23)15-27(3)14-21(28)24-19-10-12-20(13-11-19)29-16-18-8-6-5-7-9-18/h5-13,17H,4,14-16H2,1-3H3,(H,24,28). The molecular weight excluding hydrogens is 412 g/mol. The molecule has 3 rings (SSSR count). The molecule has 3 aromatic rings. The molecule has 1 heterocycles. The molecule has 1 unspecified atom stereocenters. The predicted octanol–water partition coefficient (Wildman–Crippen LogP) is 4.53. The highest BCUT2D eigenvalue weighted by Gasteiger charge is 2.16. The molecule has 2 aromatic carbocycles. The van der Waals surface area contributed by atoms with Crippen molar-refractivity contribution in [2.24, 2.45) is 0 Å². The van der Waals surface area contributed by atoms with Crippen LogP contribution in [0, 0.1) is 0 Å². The molecule has 7 nitrogen and oxygen atoms in total. The van der Waals surface area contributed by atoms with E-state index in [0.29, 0.717) is 24.9 Å². The van der Waals surface area contributed by atoms with Gasteiger partial charge in [0, 0.05) is 5.69 Å². The van der Waals surface area contributed by atoms with Crippen LogP contribution in [0.25, 0.3) is 0 Å². The number of nitrogens with one attached hydrogen (secondary N) is 1. The summed E-state index contributed by atoms with van der Waals surface area (Å²) in [5.41, 5.74) is 1.82. The predicted molar refractivity (Wildman–Crippen MR) is 123 cm³/mol. The van der Waals surface area contributed by atoms with Crippen molar-refractivity contribution >= 4 is 23.4 Å². The number of carbonyl (C=O) groups is 1. The Morgan fingerprint density at radius 2 is 1.94 bits per heavy atom. The molecule has 0 aliphatic heterocycles. The lowest BCUT2D eigenvalue weighted by atomic mass is 10.2. The lowest BCUT2D eigenvalue weighted by Crippen LogP contribution is -2.29. The summed E-state index contributed by atoms with van der Waals surface area (Å²) in [6.07, 6.45) is 0. The number of anilines is 1. The molecule has 164 valence electrons. The highest BCUT2D eigenvalue weighted by molar-refractivity contribution is 7.99. The molecule has 0 saturated carbocycles. The van der Waals surface area contributed by atoms with Gasteiger partial charge in [-0.3, -0.25) is 9.69 Å². The van der Waals surface area contributed by atoms with E-state index >= 15 is 0 Å². The Kier molecular flexibility index (Phi) is 8.49. The first-order chi connectivity index (χ1) is 15.0. The van der Waals surface area contributed by atoms with Gasteiger partial charge in [-0.1, -0.05) is 42.4 Å². The Hall–Kier alpha value is -2.84. The number of amides is 1. The van der Waals surface area contributed by atoms with Crippen molar-refractivity contribution in [1.82, 2.24) is 15.0 Å². The van der Waals surface area contributed by atoms with E-state index in [2.05, 4.69) is 29.3 Å². The van der Waals surface area contributed by atoms with Crippen LogP contribution in [0.4, 0.5) is 5.69 Å². The third-order valence-corrected chi connectivity index (χ3v) is 5.51. The molecule has 0 bridgehead atoms. The minimum absolute atomic E-state index is 0.116. The molecule has 0 saturated heterocycles. The average molecular weight is 441 g/mol. The van der Waals surface area contributed by atoms with Crippen LogP contribution in [-0.2, 0) is 17.9 Å². The number of hydrogen-bond acceptors (Lipinski definition) is 7. The van der Waals surface area contributed by atoms with Crippen LogP contribution in [-0.4, -0.2) is 40.3 Å². The fraction of sp³-hybridized carbons (Fsp3) is 0.348. The third kappa shape index (κ3) is 7.41. The zero-order valence-electron chi connectivity index (χ0n) is 18.1. The molecule has 0 fully saturated rings. The number of aromatic nitrogens is 2. The molecule has 8 heteroatoms. The van der Waals surface area contributed by atoms with E-state index < -0.39 is 0 Å². The maximum absolute atomic E-state index is 12.4. The van der Waals surface area contributed by atoms with E-state index in [4.69, 9.17) is 9.26 Å². The summed E-state index contributed by atoms with van der Waals surface area (Å²) in [7, 11) is 1.84. The number of carbonyl (C=O) groups excluding carboxylic acids is 1. The van der Waals surface area contributed by atoms with Crippen molar-refractivity contribution in [1.29, 1.82) is 0 Å². The van der Waals surface area contributed by atoms with Gasteiger partial charge in [0.1, 0.15) is 12.4 Å². The van der Waals surface area contributed by atoms with E-state index in [-0.39, 0.29) is 17.7 Å². The van der Waals surface area contributed by atoms with Crippen LogP contribution in [0.1, 0.15) is 36.4 Å². The molecule has 1 N–H and O–H groups in total. The first-order valence-corrected chi connectivity index (χ1v) is 11.3. The molecule has 0 radical (unpaired) electrons. The maximum atomic E-state index is 12.4. The summed E-state index contributed by atoms with van der Waals surface area (Å²) in [4.78, 5) is 18.6. The minimum Gasteiger partial charge on any atom is -0.489 e. The Morgan fingerprint density at radius 3 is 2.65 bits per heavy atom. The van der Waals surface area contributed by atoms with E-state index in [1.165, 1.54) is 0 Å². The number of hydrogen-bond donors (Lipinski definition) is 1. The normalized spacial score (nSPS) is 12.0. The number of thioether (sulfide) groups is 1. The lowest BCUT2D eigenvalue weighted by molar-refractivity contribution is -0.117. The van der Waals surface area contributed by atoms with Gasteiger partial charge in [-0.05, 0) is 49.6 Å². The van der Waals surface area contributed by atoms with Gasteiger partial charge in [-0.25, -0.2) is 0 Å². The quantitative estimate of drug-likeness (QED) is 0.469. The molecule has 1 atom stereocenters. The van der Waals surface area contributed by atoms with Crippen molar-refractivity contribution < 1.29 is 14.1 Å². The Labute approximate surface area is 187 Å². The fourth-order valence-electron chi connectivity index (χ4n) is 2.93. The largest absolute Gasteiger partial charge is 0.489 e. The van der Waals surface area contributed by atoms with Gasteiger partial charge in [0.15, 0.2) is 5.82 Å². The number of rotatable bonds is 11. The number of nitrogens with zero attached hydrogens (tertiary/aromatic N) is 3. The molecule has 31 heavy (non-hydrogen) atoms. The van der Waals surface area contributed by atoms with Crippen LogP contribution in [0.5, 0.6) is 5.75 Å². The van der Waals surface area contributed by atoms with E-state index in [9.17, 15) is 4.79 Å². The summed E-state index contributed by atoms with van der Waals surface area (Å²) in [5.74, 6) is 2.82. The SMILES string of the molecule is CCSC(C)c1noc(CN(C)CC(=O)Nc2ccc(OCc3ccccc3)cc2)n1. The fourth-order valence-corrected chi connectivity index (χ4v) is 3.67. The number of benzene rings is 2. The second kappa shape index (κ2) is 11.5. The second-order valence-electron chi connectivity index (χ2n) is 7.16. The van der Waals surface area contributed by atoms with Gasteiger partial charge >= 0.3 is 0 Å². The first kappa shape index (κ1) is 22.8. The zero-order chi connectivity index (χ0) is 22.1. The Balaban J connectivity index is 1.43. The molecular formula is C23H28N4O3S. The average Bonchev–Trinajstić information content (AvgIpc) is 3.22. The van der Waals surface area contributed by atoms with Gasteiger partial charge < -0.3 is 14.6 Å². The lowest BCUT2D eigenvalue weighted by Gasteiger charge is -2.14. The van der Waals surface area contributed by atoms with Crippen LogP contribution in [0.15, 0.2) is 59.1 Å². The Bertz CT molecular complexity index is 947. The third-order valence-electron chi connectivity index (χ3n) is 4.47. The summed E-state index contributed by atoms with van der Waals surface area (Å²) in [5, 5.41) is 7.12. The monoisotopic (exact) mass is 440 g/mol. The van der Waals surface area contributed by atoms with E-state index in [1.807, 2.05) is 66.5 Å². The number of likely N-dealkylation sites (N-methyl/N-ethyl adjacent to an activating group) is 1. The van der Waals surface area contributed by atoms with Crippen molar-refractivity contribution in [3.05, 3.63) is 71.9 Å². The zero-order valence-corrected chi connectivity index (χ0v) is 18.9. The van der Waals surface area contributed by atoms with Crippen molar-refractivity contribution in [2.45, 2.75) is 32.2 Å². The van der Waals surface area contributed by atoms with Gasteiger partial charge in [0.2, 0.25) is 11.8 Å². The van der Waals surface area contributed by atoms with Crippen molar-refractivity contribution in [3.8, 4) is 5.75 Å². The molecule has 0 aliphatic carbocycles. The van der Waals surface area contributed by atoms with Crippen LogP contribution in [0.3, 0.4) is 0 Å². The van der Waals surface area contributed by atoms with E-state index in [0.717, 1.165) is 22.8 Å². The Morgan fingerprint density at radius 1 is 1.19 bits per heavy atom. The van der Waals surface area contributed by atoms with Crippen LogP contribution < -0.4 is 10.1 Å². The van der Waals surface area contributed by atoms with Crippen molar-refractivity contribution in [3.63, 3.8) is 0 Å². The summed E-state index contributed by atoms with van der Waals surface area (Å²) in [6.45, 7) is 5.28. The van der Waals surface area contributed by atoms with Crippen LogP contribution >= 0.6 is 11.8 Å².